The molecule has 1 N–H and O–H groups in total. The number of carbonyl (C=O) groups is 1. The van der Waals surface area contributed by atoms with Crippen LogP contribution in [-0.4, -0.2) is 26.7 Å². The van der Waals surface area contributed by atoms with Gasteiger partial charge in [0.1, 0.15) is 17.6 Å². The van der Waals surface area contributed by atoms with Crippen molar-refractivity contribution in [2.24, 2.45) is 13.0 Å². The number of ether oxygens (including phenoxy) is 1. The summed E-state index contributed by atoms with van der Waals surface area (Å²) in [6.07, 6.45) is 4.73. The molecular weight excluding hydrogens is 256 g/mol. The monoisotopic (exact) mass is 272 g/mol. The van der Waals surface area contributed by atoms with E-state index in [1.165, 1.54) is 0 Å². The van der Waals surface area contributed by atoms with Crippen LogP contribution in [0.2, 0.25) is 5.15 Å². The molecule has 1 aromatic rings. The molecule has 1 heterocycles. The van der Waals surface area contributed by atoms with Crippen LogP contribution in [0.4, 0.5) is 0 Å². The Hall–Kier alpha value is -1.07. The normalized spacial score (nSPS) is 24.1. The van der Waals surface area contributed by atoms with Crippen LogP contribution < -0.4 is 0 Å². The van der Waals surface area contributed by atoms with Gasteiger partial charge in [-0.15, -0.1) is 0 Å². The van der Waals surface area contributed by atoms with E-state index in [0.717, 1.165) is 18.7 Å². The first-order chi connectivity index (χ1) is 8.58. The molecule has 0 atom stereocenters. The summed E-state index contributed by atoms with van der Waals surface area (Å²) in [4.78, 5) is 15.0. The number of aromatic nitrogens is 2. The van der Waals surface area contributed by atoms with Crippen molar-refractivity contribution < 1.29 is 14.6 Å². The van der Waals surface area contributed by atoms with E-state index in [1.54, 1.807) is 10.8 Å². The standard InChI is InChI=1S/C12H17ClN2O3/c1-15-10(13)6-14-11(15)7-18-9-4-2-8(3-5-9)12(16)17/h6,8-9H,2-5,7H2,1H3,(H,16,17). The first kappa shape index (κ1) is 13.4. The van der Waals surface area contributed by atoms with Crippen molar-refractivity contribution in [3.05, 3.63) is 17.2 Å². The maximum Gasteiger partial charge on any atom is 0.306 e. The van der Waals surface area contributed by atoms with Gasteiger partial charge in [-0.3, -0.25) is 4.79 Å². The molecule has 0 aliphatic heterocycles. The molecule has 0 aromatic carbocycles. The molecule has 0 bridgehead atoms. The first-order valence-corrected chi connectivity index (χ1v) is 6.46. The number of nitrogens with zero attached hydrogens (tertiary/aromatic N) is 2. The SMILES string of the molecule is Cn1c(Cl)cnc1COC1CCC(C(=O)O)CC1. The van der Waals surface area contributed by atoms with Gasteiger partial charge in [0, 0.05) is 7.05 Å². The minimum absolute atomic E-state index is 0.135. The van der Waals surface area contributed by atoms with Gasteiger partial charge < -0.3 is 14.4 Å². The lowest BCUT2D eigenvalue weighted by Crippen LogP contribution is -2.26. The van der Waals surface area contributed by atoms with Crippen molar-refractivity contribution in [3.63, 3.8) is 0 Å². The maximum absolute atomic E-state index is 10.8. The van der Waals surface area contributed by atoms with Gasteiger partial charge in [-0.2, -0.15) is 0 Å². The van der Waals surface area contributed by atoms with E-state index in [-0.39, 0.29) is 12.0 Å². The summed E-state index contributed by atoms with van der Waals surface area (Å²) in [5.74, 6) is -0.0999. The number of imidazole rings is 1. The molecule has 0 spiro atoms. The second-order valence-electron chi connectivity index (χ2n) is 4.68. The maximum atomic E-state index is 10.8. The van der Waals surface area contributed by atoms with E-state index in [2.05, 4.69) is 4.98 Å². The Labute approximate surface area is 111 Å². The van der Waals surface area contributed by atoms with Crippen molar-refractivity contribution in [2.45, 2.75) is 38.4 Å². The fourth-order valence-electron chi connectivity index (χ4n) is 2.23. The van der Waals surface area contributed by atoms with Gasteiger partial charge in [0.05, 0.1) is 18.2 Å². The Bertz CT molecular complexity index is 425. The molecule has 1 aromatic heterocycles. The number of halogens is 1. The van der Waals surface area contributed by atoms with E-state index < -0.39 is 5.97 Å². The fourth-order valence-corrected chi connectivity index (χ4v) is 2.37. The van der Waals surface area contributed by atoms with Crippen LogP contribution in [0, 0.1) is 5.92 Å². The zero-order valence-electron chi connectivity index (χ0n) is 10.3. The Balaban J connectivity index is 1.79. The van der Waals surface area contributed by atoms with Crippen LogP contribution >= 0.6 is 11.6 Å². The molecule has 0 amide bonds. The molecule has 0 unspecified atom stereocenters. The molecule has 1 aliphatic rings. The minimum atomic E-state index is -0.690. The van der Waals surface area contributed by atoms with Crippen LogP contribution in [0.15, 0.2) is 6.20 Å². The Morgan fingerprint density at radius 1 is 1.56 bits per heavy atom. The minimum Gasteiger partial charge on any atom is -0.481 e. The summed E-state index contributed by atoms with van der Waals surface area (Å²) in [6, 6.07) is 0. The summed E-state index contributed by atoms with van der Waals surface area (Å²) >= 11 is 5.88. The molecule has 6 heteroatoms. The third-order valence-electron chi connectivity index (χ3n) is 3.50. The first-order valence-electron chi connectivity index (χ1n) is 6.08. The molecule has 1 fully saturated rings. The Morgan fingerprint density at radius 2 is 2.22 bits per heavy atom. The number of aliphatic carboxylic acids is 1. The van der Waals surface area contributed by atoms with Crippen LogP contribution in [0.25, 0.3) is 0 Å². The molecule has 18 heavy (non-hydrogen) atoms. The van der Waals surface area contributed by atoms with E-state index in [0.29, 0.717) is 24.6 Å². The molecule has 0 radical (unpaired) electrons. The van der Waals surface area contributed by atoms with Gasteiger partial charge in [0.15, 0.2) is 0 Å². The van der Waals surface area contributed by atoms with Crippen molar-refractivity contribution >= 4 is 17.6 Å². The van der Waals surface area contributed by atoms with Crippen LogP contribution in [0.5, 0.6) is 0 Å². The second kappa shape index (κ2) is 5.71. The number of carboxylic acid groups (broad SMARTS) is 1. The van der Waals surface area contributed by atoms with Gasteiger partial charge in [0.2, 0.25) is 0 Å². The third-order valence-corrected chi connectivity index (χ3v) is 3.85. The van der Waals surface area contributed by atoms with Gasteiger partial charge in [-0.25, -0.2) is 4.98 Å². The van der Waals surface area contributed by atoms with Gasteiger partial charge >= 0.3 is 5.97 Å². The van der Waals surface area contributed by atoms with E-state index in [9.17, 15) is 4.79 Å². The van der Waals surface area contributed by atoms with E-state index in [4.69, 9.17) is 21.4 Å². The Kier molecular flexibility index (Phi) is 4.24. The molecule has 5 nitrogen and oxygen atoms in total. The molecule has 1 aliphatic carbocycles. The highest BCUT2D eigenvalue weighted by Crippen LogP contribution is 2.27. The van der Waals surface area contributed by atoms with Crippen molar-refractivity contribution in [3.8, 4) is 0 Å². The zero-order chi connectivity index (χ0) is 13.1. The summed E-state index contributed by atoms with van der Waals surface area (Å²) in [5.41, 5.74) is 0. The number of rotatable bonds is 4. The second-order valence-corrected chi connectivity index (χ2v) is 5.07. The zero-order valence-corrected chi connectivity index (χ0v) is 11.1. The Morgan fingerprint density at radius 3 is 2.72 bits per heavy atom. The van der Waals surface area contributed by atoms with E-state index >= 15 is 0 Å². The summed E-state index contributed by atoms with van der Waals surface area (Å²) in [5, 5.41) is 9.49. The van der Waals surface area contributed by atoms with Crippen LogP contribution in [0.1, 0.15) is 31.5 Å². The van der Waals surface area contributed by atoms with Crippen molar-refractivity contribution in [1.29, 1.82) is 0 Å². The molecule has 0 saturated heterocycles. The summed E-state index contributed by atoms with van der Waals surface area (Å²) in [6.45, 7) is 0.422. The predicted molar refractivity (Wildman–Crippen MR) is 66.4 cm³/mol. The lowest BCUT2D eigenvalue weighted by Gasteiger charge is -2.26. The van der Waals surface area contributed by atoms with Gasteiger partial charge in [-0.1, -0.05) is 11.6 Å². The number of hydrogen-bond acceptors (Lipinski definition) is 3. The molecule has 2 rings (SSSR count). The largest absolute Gasteiger partial charge is 0.481 e. The van der Waals surface area contributed by atoms with Gasteiger partial charge in [0.25, 0.3) is 0 Å². The van der Waals surface area contributed by atoms with Crippen molar-refractivity contribution in [2.75, 3.05) is 0 Å². The smallest absolute Gasteiger partial charge is 0.306 e. The van der Waals surface area contributed by atoms with Gasteiger partial charge in [-0.05, 0) is 25.7 Å². The summed E-state index contributed by atoms with van der Waals surface area (Å²) < 4.78 is 7.54. The topological polar surface area (TPSA) is 64.4 Å². The van der Waals surface area contributed by atoms with Crippen molar-refractivity contribution in [1.82, 2.24) is 9.55 Å². The highest BCUT2D eigenvalue weighted by atomic mass is 35.5. The molecule has 1 saturated carbocycles. The van der Waals surface area contributed by atoms with Crippen LogP contribution in [0.3, 0.4) is 0 Å². The van der Waals surface area contributed by atoms with Crippen LogP contribution in [-0.2, 0) is 23.2 Å². The number of hydrogen-bond donors (Lipinski definition) is 1. The lowest BCUT2D eigenvalue weighted by atomic mass is 9.87. The van der Waals surface area contributed by atoms with E-state index in [1.807, 2.05) is 7.05 Å². The summed E-state index contributed by atoms with van der Waals surface area (Å²) in [7, 11) is 1.84. The number of carboxylic acids is 1. The molecule has 100 valence electrons. The fraction of sp³-hybridized carbons (Fsp3) is 0.667. The highest BCUT2D eigenvalue weighted by molar-refractivity contribution is 6.29. The average molecular weight is 273 g/mol. The lowest BCUT2D eigenvalue weighted by molar-refractivity contribution is -0.143. The highest BCUT2D eigenvalue weighted by Gasteiger charge is 2.26. The predicted octanol–water partition coefficient (Wildman–Crippen LogP) is 2.23. The average Bonchev–Trinajstić information content (AvgIpc) is 2.68. The molecular formula is C12H17ClN2O3. The quantitative estimate of drug-likeness (QED) is 0.913. The third kappa shape index (κ3) is 3.03.